The van der Waals surface area contributed by atoms with E-state index in [9.17, 15) is 0 Å². The lowest BCUT2D eigenvalue weighted by Crippen LogP contribution is -2.06. The van der Waals surface area contributed by atoms with Crippen LogP contribution < -0.4 is 11.1 Å². The van der Waals surface area contributed by atoms with Crippen LogP contribution in [0.2, 0.25) is 0 Å². The minimum atomic E-state index is 0.745. The molecular formula is C15H27N3. The van der Waals surface area contributed by atoms with E-state index in [1.54, 1.807) is 0 Å². The maximum atomic E-state index is 5.89. The Hall–Kier alpha value is -1.25. The van der Waals surface area contributed by atoms with Crippen LogP contribution in [0.5, 0.6) is 0 Å². The number of rotatable bonds is 8. The summed E-state index contributed by atoms with van der Waals surface area (Å²) in [7, 11) is 0. The minimum absolute atomic E-state index is 0.745. The number of aromatic nitrogens is 1. The highest BCUT2D eigenvalue weighted by Gasteiger charge is 2.00. The third kappa shape index (κ3) is 5.89. The lowest BCUT2D eigenvalue weighted by molar-refractivity contribution is 0.523. The Morgan fingerprint density at radius 1 is 1.22 bits per heavy atom. The molecule has 18 heavy (non-hydrogen) atoms. The summed E-state index contributed by atoms with van der Waals surface area (Å²) in [6.07, 6.45) is 8.35. The number of nitrogens with two attached hydrogens (primary N) is 1. The van der Waals surface area contributed by atoms with Gasteiger partial charge in [0.2, 0.25) is 0 Å². The second-order valence-corrected chi connectivity index (χ2v) is 5.47. The minimum Gasteiger partial charge on any atom is -0.396 e. The van der Waals surface area contributed by atoms with Gasteiger partial charge in [-0.1, -0.05) is 39.5 Å². The van der Waals surface area contributed by atoms with E-state index < -0.39 is 0 Å². The van der Waals surface area contributed by atoms with Gasteiger partial charge in [0, 0.05) is 12.7 Å². The highest BCUT2D eigenvalue weighted by Crippen LogP contribution is 2.16. The summed E-state index contributed by atoms with van der Waals surface area (Å²) in [5, 5.41) is 3.30. The fourth-order valence-corrected chi connectivity index (χ4v) is 1.98. The number of nitrogens with zero attached hydrogens (tertiary/aromatic N) is 1. The van der Waals surface area contributed by atoms with Gasteiger partial charge in [-0.2, -0.15) is 0 Å². The van der Waals surface area contributed by atoms with Crippen molar-refractivity contribution in [1.82, 2.24) is 4.98 Å². The quantitative estimate of drug-likeness (QED) is 0.685. The van der Waals surface area contributed by atoms with E-state index in [2.05, 4.69) is 24.1 Å². The van der Waals surface area contributed by atoms with Crippen molar-refractivity contribution in [3.63, 3.8) is 0 Å². The van der Waals surface area contributed by atoms with Crippen molar-refractivity contribution in [3.8, 4) is 0 Å². The van der Waals surface area contributed by atoms with E-state index in [0.717, 1.165) is 29.5 Å². The number of anilines is 2. The normalized spacial score (nSPS) is 10.9. The Morgan fingerprint density at radius 3 is 2.61 bits per heavy atom. The molecule has 0 aromatic carbocycles. The zero-order valence-electron chi connectivity index (χ0n) is 12.0. The molecule has 3 N–H and O–H groups in total. The number of hydrogen-bond donors (Lipinski definition) is 2. The molecule has 0 saturated heterocycles. The number of pyridine rings is 1. The first-order valence-corrected chi connectivity index (χ1v) is 7.05. The highest BCUT2D eigenvalue weighted by atomic mass is 15.0. The summed E-state index contributed by atoms with van der Waals surface area (Å²) in [5.74, 6) is 1.66. The molecule has 0 saturated carbocycles. The summed E-state index contributed by atoms with van der Waals surface area (Å²) in [6.45, 7) is 7.53. The lowest BCUT2D eigenvalue weighted by Gasteiger charge is -2.09. The molecule has 0 atom stereocenters. The van der Waals surface area contributed by atoms with Gasteiger partial charge in [-0.3, -0.25) is 0 Å². The predicted octanol–water partition coefficient (Wildman–Crippen LogP) is 3.99. The van der Waals surface area contributed by atoms with Crippen LogP contribution in [0.15, 0.2) is 12.3 Å². The zero-order valence-corrected chi connectivity index (χ0v) is 12.0. The van der Waals surface area contributed by atoms with Gasteiger partial charge in [-0.05, 0) is 30.9 Å². The fraction of sp³-hybridized carbons (Fsp3) is 0.667. The summed E-state index contributed by atoms with van der Waals surface area (Å²) in [6, 6.07) is 1.96. The van der Waals surface area contributed by atoms with Gasteiger partial charge in [0.25, 0.3) is 0 Å². The third-order valence-electron chi connectivity index (χ3n) is 3.05. The van der Waals surface area contributed by atoms with E-state index in [1.165, 1.54) is 32.1 Å². The number of nitrogen functional groups attached to an aromatic ring is 1. The number of hydrogen-bond acceptors (Lipinski definition) is 3. The predicted molar refractivity (Wildman–Crippen MR) is 79.8 cm³/mol. The molecule has 0 aliphatic carbocycles. The molecule has 1 rings (SSSR count). The van der Waals surface area contributed by atoms with Crippen molar-refractivity contribution in [3.05, 3.63) is 17.8 Å². The molecule has 0 aliphatic heterocycles. The van der Waals surface area contributed by atoms with Gasteiger partial charge < -0.3 is 11.1 Å². The van der Waals surface area contributed by atoms with Crippen LogP contribution in [-0.2, 0) is 0 Å². The van der Waals surface area contributed by atoms with Crippen LogP contribution >= 0.6 is 0 Å². The molecule has 102 valence electrons. The first kappa shape index (κ1) is 14.8. The molecule has 3 nitrogen and oxygen atoms in total. The number of nitrogens with one attached hydrogen (secondary N) is 1. The fourth-order valence-electron chi connectivity index (χ4n) is 1.98. The lowest BCUT2D eigenvalue weighted by atomic mass is 10.0. The molecule has 0 spiro atoms. The molecule has 0 bridgehead atoms. The summed E-state index contributed by atoms with van der Waals surface area (Å²) in [4.78, 5) is 4.30. The Labute approximate surface area is 111 Å². The molecule has 3 heteroatoms. The zero-order chi connectivity index (χ0) is 13.4. The summed E-state index contributed by atoms with van der Waals surface area (Å²) >= 11 is 0. The SMILES string of the molecule is Cc1cnc(NCCCCCCC(C)C)c(N)c1. The monoisotopic (exact) mass is 249 g/mol. The van der Waals surface area contributed by atoms with Gasteiger partial charge in [0.05, 0.1) is 5.69 Å². The molecule has 0 unspecified atom stereocenters. The van der Waals surface area contributed by atoms with E-state index in [0.29, 0.717) is 0 Å². The molecule has 0 radical (unpaired) electrons. The maximum absolute atomic E-state index is 5.89. The standard InChI is InChI=1S/C15H27N3/c1-12(2)8-6-4-5-7-9-17-15-14(16)10-13(3)11-18-15/h10-12H,4-9,16H2,1-3H3,(H,17,18). The average Bonchev–Trinajstić information content (AvgIpc) is 2.30. The smallest absolute Gasteiger partial charge is 0.149 e. The Morgan fingerprint density at radius 2 is 1.94 bits per heavy atom. The molecular weight excluding hydrogens is 222 g/mol. The first-order chi connectivity index (χ1) is 8.59. The number of unbranched alkanes of at least 4 members (excludes halogenated alkanes) is 3. The molecule has 1 heterocycles. The summed E-state index contributed by atoms with van der Waals surface area (Å²) < 4.78 is 0. The topological polar surface area (TPSA) is 50.9 Å². The van der Waals surface area contributed by atoms with Gasteiger partial charge in [-0.15, -0.1) is 0 Å². The highest BCUT2D eigenvalue weighted by molar-refractivity contribution is 5.61. The number of aryl methyl sites for hydroxylation is 1. The van der Waals surface area contributed by atoms with Crippen molar-refractivity contribution >= 4 is 11.5 Å². The maximum Gasteiger partial charge on any atom is 0.149 e. The average molecular weight is 249 g/mol. The van der Waals surface area contributed by atoms with Gasteiger partial charge in [0.1, 0.15) is 5.82 Å². The molecule has 0 amide bonds. The van der Waals surface area contributed by atoms with Gasteiger partial charge >= 0.3 is 0 Å². The molecule has 0 aliphatic rings. The van der Waals surface area contributed by atoms with Gasteiger partial charge in [0.15, 0.2) is 0 Å². The molecule has 0 fully saturated rings. The third-order valence-corrected chi connectivity index (χ3v) is 3.05. The second-order valence-electron chi connectivity index (χ2n) is 5.47. The first-order valence-electron chi connectivity index (χ1n) is 7.05. The Kier molecular flexibility index (Phi) is 6.55. The molecule has 1 aromatic rings. The van der Waals surface area contributed by atoms with Crippen LogP contribution in [0.3, 0.4) is 0 Å². The van der Waals surface area contributed by atoms with E-state index >= 15 is 0 Å². The Bertz CT molecular complexity index is 348. The van der Waals surface area contributed by atoms with Crippen LogP contribution in [0.4, 0.5) is 11.5 Å². The van der Waals surface area contributed by atoms with Crippen molar-refractivity contribution < 1.29 is 0 Å². The van der Waals surface area contributed by atoms with Gasteiger partial charge in [-0.25, -0.2) is 4.98 Å². The molecule has 1 aromatic heterocycles. The van der Waals surface area contributed by atoms with Crippen LogP contribution in [0.25, 0.3) is 0 Å². The van der Waals surface area contributed by atoms with E-state index in [1.807, 2.05) is 19.2 Å². The Balaban J connectivity index is 2.11. The second kappa shape index (κ2) is 7.96. The van der Waals surface area contributed by atoms with Crippen LogP contribution in [0, 0.1) is 12.8 Å². The van der Waals surface area contributed by atoms with Crippen molar-refractivity contribution in [2.24, 2.45) is 5.92 Å². The van der Waals surface area contributed by atoms with Crippen LogP contribution in [-0.4, -0.2) is 11.5 Å². The van der Waals surface area contributed by atoms with E-state index in [-0.39, 0.29) is 0 Å². The van der Waals surface area contributed by atoms with Crippen molar-refractivity contribution in [2.75, 3.05) is 17.6 Å². The van der Waals surface area contributed by atoms with E-state index in [4.69, 9.17) is 5.73 Å². The van der Waals surface area contributed by atoms with Crippen LogP contribution in [0.1, 0.15) is 51.5 Å². The summed E-state index contributed by atoms with van der Waals surface area (Å²) in [5.41, 5.74) is 7.74. The van der Waals surface area contributed by atoms with Crippen molar-refractivity contribution in [2.45, 2.75) is 52.9 Å². The largest absolute Gasteiger partial charge is 0.396 e. The van der Waals surface area contributed by atoms with Crippen molar-refractivity contribution in [1.29, 1.82) is 0 Å².